The van der Waals surface area contributed by atoms with Gasteiger partial charge in [-0.15, -0.1) is 0 Å². The van der Waals surface area contributed by atoms with E-state index in [-0.39, 0.29) is 17.2 Å². The molecule has 1 radical (unpaired) electrons. The summed E-state index contributed by atoms with van der Waals surface area (Å²) in [6.07, 6.45) is 0.711. The summed E-state index contributed by atoms with van der Waals surface area (Å²) in [5.41, 5.74) is 0. The van der Waals surface area contributed by atoms with E-state index in [1.807, 2.05) is 6.92 Å². The zero-order valence-corrected chi connectivity index (χ0v) is 6.47. The first-order valence-electron chi connectivity index (χ1n) is 2.54. The molecule has 0 aromatic rings. The Balaban J connectivity index is 3.52. The van der Waals surface area contributed by atoms with Crippen LogP contribution in [0.5, 0.6) is 0 Å². The quantitative estimate of drug-likeness (QED) is 0.605. The Bertz CT molecular complexity index is 78.5. The third kappa shape index (κ3) is 2.46. The Morgan fingerprint density at radius 3 is 2.38 bits per heavy atom. The molecule has 0 aliphatic rings. The van der Waals surface area contributed by atoms with Crippen LogP contribution in [0.15, 0.2) is 0 Å². The molecule has 2 nitrogen and oxygen atoms in total. The molecule has 0 amide bonds. The van der Waals surface area contributed by atoms with Gasteiger partial charge in [-0.3, -0.25) is 0 Å². The molecule has 1 unspecified atom stereocenters. The van der Waals surface area contributed by atoms with Crippen LogP contribution in [0, 0.1) is 5.92 Å². The summed E-state index contributed by atoms with van der Waals surface area (Å²) in [5, 5.41) is 8.46. The molecule has 0 saturated heterocycles. The van der Waals surface area contributed by atoms with Gasteiger partial charge in [-0.05, 0) is 0 Å². The number of rotatable bonds is 3. The van der Waals surface area contributed by atoms with Gasteiger partial charge < -0.3 is 0 Å². The standard InChI is InChI=1S/C5H9O2Se/c1-2-4(3-6)5(7)8/h4,6H,2-3H2,1H3. The molecule has 0 rings (SSSR count). The van der Waals surface area contributed by atoms with Crippen molar-refractivity contribution in [3.05, 3.63) is 0 Å². The first-order chi connectivity index (χ1) is 3.72. The Morgan fingerprint density at radius 2 is 2.38 bits per heavy atom. The predicted octanol–water partition coefficient (Wildman–Crippen LogP) is -0.300. The maximum absolute atomic E-state index is 10.4. The molecule has 0 fully saturated rings. The normalized spacial score (nSPS) is 13.2. The van der Waals surface area contributed by atoms with Crippen molar-refractivity contribution in [2.45, 2.75) is 13.3 Å². The summed E-state index contributed by atoms with van der Waals surface area (Å²) < 4.78 is -0.0463. The molecule has 0 aromatic heterocycles. The van der Waals surface area contributed by atoms with Crippen molar-refractivity contribution >= 4 is 20.7 Å². The number of aliphatic hydroxyl groups is 1. The Labute approximate surface area is 57.1 Å². The Kier molecular flexibility index (Phi) is 4.15. The molecule has 1 N–H and O–H groups in total. The van der Waals surface area contributed by atoms with Crippen molar-refractivity contribution in [3.8, 4) is 0 Å². The van der Waals surface area contributed by atoms with Gasteiger partial charge in [0, 0.05) is 0 Å². The molecule has 1 atom stereocenters. The van der Waals surface area contributed by atoms with E-state index in [1.165, 1.54) is 0 Å². The molecule has 3 heteroatoms. The van der Waals surface area contributed by atoms with Crippen LogP contribution in [0.25, 0.3) is 0 Å². The van der Waals surface area contributed by atoms with Crippen LogP contribution >= 0.6 is 0 Å². The van der Waals surface area contributed by atoms with Gasteiger partial charge in [0.1, 0.15) is 0 Å². The van der Waals surface area contributed by atoms with E-state index in [0.717, 1.165) is 0 Å². The molecule has 8 heavy (non-hydrogen) atoms. The van der Waals surface area contributed by atoms with Gasteiger partial charge in [0.15, 0.2) is 0 Å². The molecule has 0 bridgehead atoms. The van der Waals surface area contributed by atoms with E-state index < -0.39 is 0 Å². The van der Waals surface area contributed by atoms with Gasteiger partial charge in [0.05, 0.1) is 0 Å². The fourth-order valence-corrected chi connectivity index (χ4v) is 0.876. The van der Waals surface area contributed by atoms with Crippen molar-refractivity contribution in [2.24, 2.45) is 5.92 Å². The summed E-state index contributed by atoms with van der Waals surface area (Å²) in [7, 11) is 0. The van der Waals surface area contributed by atoms with E-state index in [1.54, 1.807) is 0 Å². The first-order valence-corrected chi connectivity index (χ1v) is 3.39. The molecule has 0 aliphatic carbocycles. The van der Waals surface area contributed by atoms with Gasteiger partial charge in [-0.1, -0.05) is 0 Å². The van der Waals surface area contributed by atoms with Crippen LogP contribution < -0.4 is 0 Å². The van der Waals surface area contributed by atoms with Crippen LogP contribution in [0.3, 0.4) is 0 Å². The fourth-order valence-electron chi connectivity index (χ4n) is 0.370. The molecular formula is C5H9O2Se. The number of hydrogen-bond acceptors (Lipinski definition) is 2. The zero-order valence-electron chi connectivity index (χ0n) is 4.76. The number of aliphatic hydroxyl groups excluding tert-OH is 1. The Hall–Kier alpha value is 0.149. The van der Waals surface area contributed by atoms with Gasteiger partial charge in [0.2, 0.25) is 0 Å². The second-order valence-electron chi connectivity index (χ2n) is 1.61. The van der Waals surface area contributed by atoms with Crippen molar-refractivity contribution in [1.82, 2.24) is 0 Å². The van der Waals surface area contributed by atoms with Crippen molar-refractivity contribution in [1.29, 1.82) is 0 Å². The average molecular weight is 180 g/mol. The number of carbonyl (C=O) groups excluding carboxylic acids is 1. The monoisotopic (exact) mass is 181 g/mol. The number of hydrogen-bond donors (Lipinski definition) is 1. The maximum atomic E-state index is 10.4. The SMILES string of the molecule is CCC(CO)C(=O)[Se]. The predicted molar refractivity (Wildman–Crippen MR) is 31.6 cm³/mol. The summed E-state index contributed by atoms with van der Waals surface area (Å²) in [5.74, 6) is -0.185. The van der Waals surface area contributed by atoms with E-state index in [4.69, 9.17) is 5.11 Å². The van der Waals surface area contributed by atoms with Crippen LogP contribution in [0.1, 0.15) is 13.3 Å². The van der Waals surface area contributed by atoms with Crippen molar-refractivity contribution < 1.29 is 9.90 Å². The zero-order chi connectivity index (χ0) is 6.57. The molecule has 0 spiro atoms. The van der Waals surface area contributed by atoms with Crippen LogP contribution in [-0.4, -0.2) is 32.4 Å². The summed E-state index contributed by atoms with van der Waals surface area (Å²) in [6.45, 7) is 1.83. The van der Waals surface area contributed by atoms with Gasteiger partial charge in [-0.2, -0.15) is 0 Å². The molecule has 47 valence electrons. The van der Waals surface area contributed by atoms with Gasteiger partial charge in [0.25, 0.3) is 0 Å². The average Bonchev–Trinajstić information content (AvgIpc) is 1.69. The summed E-state index contributed by atoms with van der Waals surface area (Å²) in [6, 6.07) is 0. The van der Waals surface area contributed by atoms with E-state index in [9.17, 15) is 4.79 Å². The topological polar surface area (TPSA) is 37.3 Å². The molecular weight excluding hydrogens is 171 g/mol. The number of carbonyl (C=O) groups is 1. The molecule has 0 aliphatic heterocycles. The molecule has 0 heterocycles. The summed E-state index contributed by atoms with van der Waals surface area (Å²) >= 11 is 2.34. The van der Waals surface area contributed by atoms with E-state index in [2.05, 4.69) is 16.0 Å². The Morgan fingerprint density at radius 1 is 1.88 bits per heavy atom. The third-order valence-corrected chi connectivity index (χ3v) is 1.75. The molecule has 0 aromatic carbocycles. The minimum absolute atomic E-state index is 0.0394. The van der Waals surface area contributed by atoms with Crippen LogP contribution in [-0.2, 0) is 4.79 Å². The molecule has 0 saturated carbocycles. The van der Waals surface area contributed by atoms with Crippen molar-refractivity contribution in [2.75, 3.05) is 6.61 Å². The van der Waals surface area contributed by atoms with Gasteiger partial charge >= 0.3 is 56.5 Å². The summed E-state index contributed by atoms with van der Waals surface area (Å²) in [4.78, 5) is 10.4. The van der Waals surface area contributed by atoms with Crippen LogP contribution in [0.4, 0.5) is 0 Å². The van der Waals surface area contributed by atoms with Gasteiger partial charge in [-0.25, -0.2) is 0 Å². The van der Waals surface area contributed by atoms with Crippen LogP contribution in [0.2, 0.25) is 0 Å². The first kappa shape index (κ1) is 8.15. The van der Waals surface area contributed by atoms with Crippen molar-refractivity contribution in [3.63, 3.8) is 0 Å². The van der Waals surface area contributed by atoms with E-state index >= 15 is 0 Å². The minimum atomic E-state index is -0.185. The third-order valence-electron chi connectivity index (χ3n) is 1.05. The van der Waals surface area contributed by atoms with E-state index in [0.29, 0.717) is 6.42 Å². The second kappa shape index (κ2) is 4.07. The fraction of sp³-hybridized carbons (Fsp3) is 0.800. The second-order valence-corrected chi connectivity index (χ2v) is 2.45.